The van der Waals surface area contributed by atoms with Crippen molar-refractivity contribution < 1.29 is 0 Å². The Morgan fingerprint density at radius 2 is 1.62 bits per heavy atom. The van der Waals surface area contributed by atoms with Crippen LogP contribution in [-0.4, -0.2) is 14.4 Å². The molecule has 0 unspecified atom stereocenters. The predicted octanol–water partition coefficient (Wildman–Crippen LogP) is 7.86. The second-order valence-electron chi connectivity index (χ2n) is 8.27. The van der Waals surface area contributed by atoms with Gasteiger partial charge in [0.2, 0.25) is 0 Å². The lowest BCUT2D eigenvalue weighted by Crippen LogP contribution is -1.92. The van der Waals surface area contributed by atoms with Gasteiger partial charge in [-0.1, -0.05) is 72.8 Å². The lowest BCUT2D eigenvalue weighted by Gasteiger charge is -2.11. The standard InChI is InChI=1S/C31H23N3/c1-2-10-22(11-9-13-24-12-7-8-20-32-24)23-18-19-25-26-14-3-5-16-29(26)34-30-17-6-4-15-28(30)33-31(34)27(25)21-23/h2-21H,1H3/b10-2-,13-9+,22-11+. The van der Waals surface area contributed by atoms with Crippen molar-refractivity contribution in [3.8, 4) is 0 Å². The van der Waals surface area contributed by atoms with Crippen molar-refractivity contribution in [2.75, 3.05) is 0 Å². The summed E-state index contributed by atoms with van der Waals surface area (Å²) in [5.41, 5.74) is 7.53. The fourth-order valence-electron chi connectivity index (χ4n) is 4.64. The molecule has 0 saturated heterocycles. The number of imidazole rings is 1. The van der Waals surface area contributed by atoms with Crippen LogP contribution in [0.1, 0.15) is 18.2 Å². The van der Waals surface area contributed by atoms with Gasteiger partial charge in [-0.25, -0.2) is 4.98 Å². The summed E-state index contributed by atoms with van der Waals surface area (Å²) in [4.78, 5) is 9.42. The number of para-hydroxylation sites is 3. The van der Waals surface area contributed by atoms with Crippen molar-refractivity contribution in [2.45, 2.75) is 6.92 Å². The number of hydrogen-bond donors (Lipinski definition) is 0. The van der Waals surface area contributed by atoms with Crippen LogP contribution >= 0.6 is 0 Å². The highest BCUT2D eigenvalue weighted by atomic mass is 15.0. The molecular weight excluding hydrogens is 414 g/mol. The Morgan fingerprint density at radius 3 is 2.47 bits per heavy atom. The van der Waals surface area contributed by atoms with Crippen LogP contribution < -0.4 is 0 Å². The van der Waals surface area contributed by atoms with Gasteiger partial charge in [0.15, 0.2) is 0 Å². The largest absolute Gasteiger partial charge is 0.292 e. The van der Waals surface area contributed by atoms with Crippen molar-refractivity contribution in [3.63, 3.8) is 0 Å². The van der Waals surface area contributed by atoms with Crippen LogP contribution in [0.3, 0.4) is 0 Å². The highest BCUT2D eigenvalue weighted by Gasteiger charge is 2.14. The summed E-state index contributed by atoms with van der Waals surface area (Å²) in [5, 5.41) is 3.59. The average Bonchev–Trinajstić information content (AvgIpc) is 3.29. The Labute approximate surface area is 198 Å². The lowest BCUT2D eigenvalue weighted by molar-refractivity contribution is 1.30. The third-order valence-corrected chi connectivity index (χ3v) is 6.17. The van der Waals surface area contributed by atoms with Gasteiger partial charge in [-0.05, 0) is 65.9 Å². The summed E-state index contributed by atoms with van der Waals surface area (Å²) in [6.07, 6.45) is 12.2. The molecule has 6 aromatic rings. The zero-order valence-corrected chi connectivity index (χ0v) is 18.9. The van der Waals surface area contributed by atoms with E-state index in [-0.39, 0.29) is 0 Å². The Morgan fingerprint density at radius 1 is 0.794 bits per heavy atom. The zero-order valence-electron chi connectivity index (χ0n) is 18.9. The number of benzene rings is 3. The summed E-state index contributed by atoms with van der Waals surface area (Å²) in [5.74, 6) is 0. The molecule has 0 spiro atoms. The number of allylic oxidation sites excluding steroid dienone is 5. The highest BCUT2D eigenvalue weighted by Crippen LogP contribution is 2.34. The molecule has 0 radical (unpaired) electrons. The van der Waals surface area contributed by atoms with Crippen molar-refractivity contribution in [3.05, 3.63) is 127 Å². The van der Waals surface area contributed by atoms with Crippen LogP contribution in [0.15, 0.2) is 115 Å². The van der Waals surface area contributed by atoms with Gasteiger partial charge < -0.3 is 0 Å². The molecular formula is C31H23N3. The van der Waals surface area contributed by atoms with Crippen LogP contribution in [0.5, 0.6) is 0 Å². The van der Waals surface area contributed by atoms with Crippen LogP contribution in [0.2, 0.25) is 0 Å². The molecule has 0 aliphatic heterocycles. The van der Waals surface area contributed by atoms with E-state index in [9.17, 15) is 0 Å². The van der Waals surface area contributed by atoms with E-state index in [1.165, 1.54) is 16.3 Å². The molecule has 6 rings (SSSR count). The molecule has 0 N–H and O–H groups in total. The molecule has 3 heteroatoms. The van der Waals surface area contributed by atoms with E-state index in [1.54, 1.807) is 0 Å². The minimum atomic E-state index is 0.939. The van der Waals surface area contributed by atoms with E-state index < -0.39 is 0 Å². The molecule has 162 valence electrons. The molecule has 3 nitrogen and oxygen atoms in total. The molecule has 0 aliphatic carbocycles. The van der Waals surface area contributed by atoms with Gasteiger partial charge in [0.25, 0.3) is 0 Å². The minimum Gasteiger partial charge on any atom is -0.292 e. The topological polar surface area (TPSA) is 30.2 Å². The quantitative estimate of drug-likeness (QED) is 0.207. The smallest absolute Gasteiger partial charge is 0.146 e. The van der Waals surface area contributed by atoms with Crippen molar-refractivity contribution in [1.29, 1.82) is 0 Å². The summed E-state index contributed by atoms with van der Waals surface area (Å²) in [7, 11) is 0. The number of fused-ring (bicyclic) bond motifs is 8. The first-order valence-electron chi connectivity index (χ1n) is 11.5. The van der Waals surface area contributed by atoms with Crippen molar-refractivity contribution in [2.24, 2.45) is 0 Å². The summed E-state index contributed by atoms with van der Waals surface area (Å²) in [6, 6.07) is 29.6. The highest BCUT2D eigenvalue weighted by molar-refractivity contribution is 6.14. The van der Waals surface area contributed by atoms with Crippen LogP contribution in [0.4, 0.5) is 0 Å². The van der Waals surface area contributed by atoms with Gasteiger partial charge in [-0.2, -0.15) is 0 Å². The first kappa shape index (κ1) is 20.1. The van der Waals surface area contributed by atoms with Crippen molar-refractivity contribution in [1.82, 2.24) is 14.4 Å². The zero-order chi connectivity index (χ0) is 22.9. The number of pyridine rings is 2. The monoisotopic (exact) mass is 437 g/mol. The van der Waals surface area contributed by atoms with Gasteiger partial charge in [0.1, 0.15) is 5.65 Å². The fraction of sp³-hybridized carbons (Fsp3) is 0.0323. The molecule has 3 aromatic heterocycles. The number of hydrogen-bond acceptors (Lipinski definition) is 2. The van der Waals surface area contributed by atoms with E-state index in [4.69, 9.17) is 4.98 Å². The number of nitrogens with zero attached hydrogens (tertiary/aromatic N) is 3. The molecule has 0 atom stereocenters. The molecule has 34 heavy (non-hydrogen) atoms. The number of aromatic nitrogens is 3. The summed E-state index contributed by atoms with van der Waals surface area (Å²) >= 11 is 0. The SMILES string of the molecule is C\C=C/C(=C\C=C\c1ccccn1)c1ccc2c3ccccc3n3c4ccccc4nc3c2c1. The first-order chi connectivity index (χ1) is 16.8. The Balaban J connectivity index is 1.59. The third kappa shape index (κ3) is 3.39. The maximum Gasteiger partial charge on any atom is 0.146 e. The molecule has 3 heterocycles. The molecule has 0 aliphatic rings. The average molecular weight is 438 g/mol. The van der Waals surface area contributed by atoms with E-state index >= 15 is 0 Å². The predicted molar refractivity (Wildman–Crippen MR) is 144 cm³/mol. The van der Waals surface area contributed by atoms with Gasteiger partial charge in [0, 0.05) is 17.0 Å². The van der Waals surface area contributed by atoms with Gasteiger partial charge in [0.05, 0.1) is 22.2 Å². The lowest BCUT2D eigenvalue weighted by atomic mass is 9.98. The second kappa shape index (κ2) is 8.45. The van der Waals surface area contributed by atoms with E-state index in [2.05, 4.69) is 94.4 Å². The maximum atomic E-state index is 5.04. The van der Waals surface area contributed by atoms with Crippen LogP contribution in [0.25, 0.3) is 50.0 Å². The molecule has 3 aromatic carbocycles. The molecule has 0 fully saturated rings. The van der Waals surface area contributed by atoms with Crippen LogP contribution in [0, 0.1) is 0 Å². The molecule has 0 saturated carbocycles. The first-order valence-corrected chi connectivity index (χ1v) is 11.5. The van der Waals surface area contributed by atoms with Gasteiger partial charge in [-0.15, -0.1) is 0 Å². The number of rotatable bonds is 4. The van der Waals surface area contributed by atoms with Crippen LogP contribution in [-0.2, 0) is 0 Å². The van der Waals surface area contributed by atoms with Gasteiger partial charge in [-0.3, -0.25) is 9.38 Å². The molecule has 0 amide bonds. The van der Waals surface area contributed by atoms with Crippen molar-refractivity contribution >= 4 is 50.0 Å². The summed E-state index contributed by atoms with van der Waals surface area (Å²) in [6.45, 7) is 2.05. The fourth-order valence-corrected chi connectivity index (χ4v) is 4.64. The summed E-state index contributed by atoms with van der Waals surface area (Å²) < 4.78 is 2.29. The van der Waals surface area contributed by atoms with E-state index in [1.807, 2.05) is 43.5 Å². The Hall–Kier alpha value is -4.50. The van der Waals surface area contributed by atoms with E-state index in [0.717, 1.165) is 38.9 Å². The minimum absolute atomic E-state index is 0.939. The normalized spacial score (nSPS) is 12.8. The molecule has 0 bridgehead atoms. The Kier molecular flexibility index (Phi) is 5.00. The van der Waals surface area contributed by atoms with E-state index in [0.29, 0.717) is 0 Å². The third-order valence-electron chi connectivity index (χ3n) is 6.17. The maximum absolute atomic E-state index is 5.04. The van der Waals surface area contributed by atoms with Gasteiger partial charge >= 0.3 is 0 Å². The second-order valence-corrected chi connectivity index (χ2v) is 8.27. The Bertz CT molecular complexity index is 1750.